The van der Waals surface area contributed by atoms with Gasteiger partial charge in [-0.05, 0) is 12.8 Å². The molecule has 1 saturated heterocycles. The van der Waals surface area contributed by atoms with Crippen molar-refractivity contribution in [1.29, 1.82) is 0 Å². The van der Waals surface area contributed by atoms with Crippen LogP contribution in [0.3, 0.4) is 0 Å². The van der Waals surface area contributed by atoms with Crippen molar-refractivity contribution < 1.29 is 19.4 Å². The highest BCUT2D eigenvalue weighted by atomic mass is 16.5. The van der Waals surface area contributed by atoms with Crippen LogP contribution in [-0.4, -0.2) is 72.2 Å². The number of amides is 1. The van der Waals surface area contributed by atoms with Crippen LogP contribution in [0.1, 0.15) is 26.7 Å². The molecule has 1 atom stereocenters. The van der Waals surface area contributed by atoms with Gasteiger partial charge in [-0.15, -0.1) is 0 Å². The Bertz CT molecular complexity index is 303. The van der Waals surface area contributed by atoms with Crippen molar-refractivity contribution in [2.75, 3.05) is 39.3 Å². The fraction of sp³-hybridized carbons (Fsp3) is 0.846. The molecule has 1 N–H and O–H groups in total. The molecule has 1 amide bonds. The zero-order valence-electron chi connectivity index (χ0n) is 11.8. The van der Waals surface area contributed by atoms with Gasteiger partial charge in [0.1, 0.15) is 0 Å². The Kier molecular flexibility index (Phi) is 6.80. The van der Waals surface area contributed by atoms with Crippen molar-refractivity contribution in [3.63, 3.8) is 0 Å². The molecule has 1 heterocycles. The number of aliphatic carboxylic acids is 1. The number of carbonyl (C=O) groups excluding carboxylic acids is 1. The summed E-state index contributed by atoms with van der Waals surface area (Å²) >= 11 is 0. The number of hydrogen-bond acceptors (Lipinski definition) is 4. The summed E-state index contributed by atoms with van der Waals surface area (Å²) in [6.45, 7) is 7.17. The maximum Gasteiger partial charge on any atom is 0.334 e. The number of carbonyl (C=O) groups is 2. The highest BCUT2D eigenvalue weighted by Crippen LogP contribution is 2.06. The zero-order chi connectivity index (χ0) is 14.3. The molecule has 0 radical (unpaired) electrons. The molecule has 0 saturated carbocycles. The molecule has 0 aromatic heterocycles. The van der Waals surface area contributed by atoms with Crippen molar-refractivity contribution in [2.45, 2.75) is 32.8 Å². The molecule has 1 rings (SSSR count). The van der Waals surface area contributed by atoms with Gasteiger partial charge >= 0.3 is 5.97 Å². The number of carboxylic acid groups (broad SMARTS) is 1. The fourth-order valence-electron chi connectivity index (χ4n) is 2.19. The van der Waals surface area contributed by atoms with E-state index in [1.54, 1.807) is 0 Å². The summed E-state index contributed by atoms with van der Waals surface area (Å²) in [4.78, 5) is 26.8. The van der Waals surface area contributed by atoms with Gasteiger partial charge in [0.2, 0.25) is 5.91 Å². The van der Waals surface area contributed by atoms with E-state index in [2.05, 4.69) is 0 Å². The SMILES string of the molecule is CCCN(CCC)C(=O)CN1CCOC(C(=O)O)C1. The van der Waals surface area contributed by atoms with Crippen LogP contribution in [0.5, 0.6) is 0 Å². The minimum absolute atomic E-state index is 0.0785. The van der Waals surface area contributed by atoms with E-state index in [0.717, 1.165) is 25.9 Å². The van der Waals surface area contributed by atoms with E-state index < -0.39 is 12.1 Å². The first kappa shape index (κ1) is 15.9. The number of hydrogen-bond donors (Lipinski definition) is 1. The van der Waals surface area contributed by atoms with Crippen LogP contribution in [0.15, 0.2) is 0 Å². The summed E-state index contributed by atoms with van der Waals surface area (Å²) < 4.78 is 5.14. The van der Waals surface area contributed by atoms with Crippen LogP contribution in [-0.2, 0) is 14.3 Å². The third-order valence-electron chi connectivity index (χ3n) is 3.12. The number of morpholine rings is 1. The Morgan fingerprint density at radius 1 is 1.32 bits per heavy atom. The van der Waals surface area contributed by atoms with E-state index in [9.17, 15) is 9.59 Å². The van der Waals surface area contributed by atoms with Crippen molar-refractivity contribution in [3.05, 3.63) is 0 Å². The molecule has 0 aliphatic carbocycles. The van der Waals surface area contributed by atoms with E-state index in [0.29, 0.717) is 13.2 Å². The van der Waals surface area contributed by atoms with Crippen molar-refractivity contribution >= 4 is 11.9 Å². The van der Waals surface area contributed by atoms with Gasteiger partial charge in [-0.25, -0.2) is 4.79 Å². The Morgan fingerprint density at radius 3 is 2.47 bits per heavy atom. The summed E-state index contributed by atoms with van der Waals surface area (Å²) in [5.74, 6) is -0.883. The maximum atomic E-state index is 12.2. The molecule has 1 aliphatic heterocycles. The number of carboxylic acids is 1. The van der Waals surface area contributed by atoms with E-state index >= 15 is 0 Å². The van der Waals surface area contributed by atoms with Gasteiger partial charge in [0.25, 0.3) is 0 Å². The first-order chi connectivity index (χ1) is 9.08. The van der Waals surface area contributed by atoms with Gasteiger partial charge in [-0.2, -0.15) is 0 Å². The lowest BCUT2D eigenvalue weighted by molar-refractivity contribution is -0.157. The molecule has 6 nitrogen and oxygen atoms in total. The monoisotopic (exact) mass is 272 g/mol. The molecule has 6 heteroatoms. The highest BCUT2D eigenvalue weighted by molar-refractivity contribution is 5.78. The second-order valence-electron chi connectivity index (χ2n) is 4.81. The highest BCUT2D eigenvalue weighted by Gasteiger charge is 2.28. The van der Waals surface area contributed by atoms with Gasteiger partial charge in [-0.3, -0.25) is 9.69 Å². The molecule has 1 unspecified atom stereocenters. The topological polar surface area (TPSA) is 70.1 Å². The molecule has 0 spiro atoms. The molecule has 19 heavy (non-hydrogen) atoms. The standard InChI is InChI=1S/C13H24N2O4/c1-3-5-15(6-4-2)12(16)10-14-7-8-19-11(9-14)13(17)18/h11H,3-10H2,1-2H3,(H,17,18). The smallest absolute Gasteiger partial charge is 0.334 e. The second kappa shape index (κ2) is 8.12. The Hall–Kier alpha value is -1.14. The summed E-state index contributed by atoms with van der Waals surface area (Å²) in [5.41, 5.74) is 0. The lowest BCUT2D eigenvalue weighted by Crippen LogP contribution is -2.50. The molecule has 110 valence electrons. The predicted molar refractivity (Wildman–Crippen MR) is 71.0 cm³/mol. The summed E-state index contributed by atoms with van der Waals surface area (Å²) in [5, 5.41) is 8.92. The lowest BCUT2D eigenvalue weighted by Gasteiger charge is -2.32. The van der Waals surface area contributed by atoms with E-state index in [1.807, 2.05) is 23.6 Å². The third-order valence-corrected chi connectivity index (χ3v) is 3.12. The molecule has 0 aromatic carbocycles. The van der Waals surface area contributed by atoms with E-state index in [1.165, 1.54) is 0 Å². The lowest BCUT2D eigenvalue weighted by atomic mass is 10.2. The van der Waals surface area contributed by atoms with Crippen LogP contribution in [0, 0.1) is 0 Å². The Balaban J connectivity index is 2.47. The van der Waals surface area contributed by atoms with Gasteiger partial charge in [0.15, 0.2) is 6.10 Å². The van der Waals surface area contributed by atoms with E-state index in [-0.39, 0.29) is 19.0 Å². The van der Waals surface area contributed by atoms with Crippen LogP contribution >= 0.6 is 0 Å². The average Bonchev–Trinajstić information content (AvgIpc) is 2.38. The Morgan fingerprint density at radius 2 is 1.95 bits per heavy atom. The predicted octanol–water partition coefficient (Wildman–Crippen LogP) is 0.420. The van der Waals surface area contributed by atoms with Gasteiger partial charge < -0.3 is 14.7 Å². The Labute approximate surface area is 114 Å². The third kappa shape index (κ3) is 5.16. The van der Waals surface area contributed by atoms with Crippen LogP contribution in [0.25, 0.3) is 0 Å². The van der Waals surface area contributed by atoms with Crippen molar-refractivity contribution in [1.82, 2.24) is 9.80 Å². The largest absolute Gasteiger partial charge is 0.479 e. The zero-order valence-corrected chi connectivity index (χ0v) is 11.8. The minimum atomic E-state index is -0.962. The first-order valence-electron chi connectivity index (χ1n) is 6.93. The maximum absolute atomic E-state index is 12.2. The van der Waals surface area contributed by atoms with Crippen LogP contribution < -0.4 is 0 Å². The molecule has 1 fully saturated rings. The summed E-state index contributed by atoms with van der Waals surface area (Å²) in [6, 6.07) is 0. The first-order valence-corrected chi connectivity index (χ1v) is 6.93. The van der Waals surface area contributed by atoms with E-state index in [4.69, 9.17) is 9.84 Å². The van der Waals surface area contributed by atoms with Crippen molar-refractivity contribution in [2.24, 2.45) is 0 Å². The molecule has 1 aliphatic rings. The molecular weight excluding hydrogens is 248 g/mol. The average molecular weight is 272 g/mol. The van der Waals surface area contributed by atoms with Crippen molar-refractivity contribution in [3.8, 4) is 0 Å². The number of nitrogens with zero attached hydrogens (tertiary/aromatic N) is 2. The normalized spacial score (nSPS) is 20.2. The quantitative estimate of drug-likeness (QED) is 0.727. The molecule has 0 bridgehead atoms. The van der Waals surface area contributed by atoms with Crippen LogP contribution in [0.4, 0.5) is 0 Å². The fourth-order valence-corrected chi connectivity index (χ4v) is 2.19. The van der Waals surface area contributed by atoms with Gasteiger partial charge in [-0.1, -0.05) is 13.8 Å². The number of ether oxygens (including phenoxy) is 1. The molecule has 0 aromatic rings. The van der Waals surface area contributed by atoms with Gasteiger partial charge in [0.05, 0.1) is 13.2 Å². The second-order valence-corrected chi connectivity index (χ2v) is 4.81. The summed E-state index contributed by atoms with van der Waals surface area (Å²) in [6.07, 6.45) is 1.06. The summed E-state index contributed by atoms with van der Waals surface area (Å²) in [7, 11) is 0. The van der Waals surface area contributed by atoms with Gasteiger partial charge in [0, 0.05) is 26.2 Å². The minimum Gasteiger partial charge on any atom is -0.479 e. The molecular formula is C13H24N2O4. The number of rotatable bonds is 7. The van der Waals surface area contributed by atoms with Crippen LogP contribution in [0.2, 0.25) is 0 Å².